The molecule has 3 aromatic rings. The molecule has 7 heteroatoms. The van der Waals surface area contributed by atoms with E-state index in [1.54, 1.807) is 12.1 Å². The van der Waals surface area contributed by atoms with Gasteiger partial charge in [0.15, 0.2) is 19.1 Å². The van der Waals surface area contributed by atoms with E-state index in [2.05, 4.69) is 40.1 Å². The van der Waals surface area contributed by atoms with Gasteiger partial charge in [0.05, 0.1) is 17.3 Å². The number of benzene rings is 2. The first kappa shape index (κ1) is 17.8. The molecule has 146 valence electrons. The van der Waals surface area contributed by atoms with Crippen LogP contribution in [0.15, 0.2) is 47.6 Å². The normalized spacial score (nSPS) is 20.9. The number of fused-ring (bicyclic) bond motifs is 1. The van der Waals surface area contributed by atoms with Gasteiger partial charge < -0.3 is 15.7 Å². The molecule has 0 aliphatic carbocycles. The number of nitrogens with zero attached hydrogens (tertiary/aromatic N) is 4. The van der Waals surface area contributed by atoms with Gasteiger partial charge in [-0.2, -0.15) is 0 Å². The Morgan fingerprint density at radius 2 is 2.07 bits per heavy atom. The lowest BCUT2D eigenvalue weighted by Crippen LogP contribution is -2.23. The monoisotopic (exact) mass is 387 g/mol. The van der Waals surface area contributed by atoms with Crippen LogP contribution in [0.4, 0.5) is 5.82 Å². The molecule has 1 saturated heterocycles. The minimum Gasteiger partial charge on any atom is -0.507 e. The Labute approximate surface area is 168 Å². The van der Waals surface area contributed by atoms with Gasteiger partial charge in [0.1, 0.15) is 17.5 Å². The third-order valence-corrected chi connectivity index (χ3v) is 5.44. The highest BCUT2D eigenvalue weighted by Crippen LogP contribution is 2.31. The van der Waals surface area contributed by atoms with Gasteiger partial charge in [0, 0.05) is 18.0 Å². The summed E-state index contributed by atoms with van der Waals surface area (Å²) >= 11 is 0. The molecule has 0 amide bonds. The molecule has 0 saturated carbocycles. The van der Waals surface area contributed by atoms with E-state index in [-0.39, 0.29) is 11.7 Å². The van der Waals surface area contributed by atoms with Crippen LogP contribution < -0.4 is 10.6 Å². The van der Waals surface area contributed by atoms with Crippen molar-refractivity contribution in [2.45, 2.75) is 18.4 Å². The van der Waals surface area contributed by atoms with Crippen molar-refractivity contribution >= 4 is 29.1 Å². The standard InChI is InChI=1S/C22H22N6O/c1-28-13-15(11-24-28)14-6-7-17-19(10-14)26-22(18-4-2-3-5-20(18)29)27-21(17)25-16-8-9-23-12-16/h2-7,10-11,13,15-16,23H,8-9,12H2,1H3,(H-,25,26,27,29)/p+1/t15?,16-/m0/s1. The summed E-state index contributed by atoms with van der Waals surface area (Å²) in [4.78, 5) is 9.58. The fraction of sp³-hybridized carbons (Fsp3) is 0.273. The van der Waals surface area contributed by atoms with Crippen LogP contribution in [0.25, 0.3) is 22.3 Å². The molecule has 7 nitrogen and oxygen atoms in total. The first-order valence-electron chi connectivity index (χ1n) is 9.86. The van der Waals surface area contributed by atoms with Crippen molar-refractivity contribution in [3.8, 4) is 17.1 Å². The van der Waals surface area contributed by atoms with Crippen LogP contribution >= 0.6 is 0 Å². The summed E-state index contributed by atoms with van der Waals surface area (Å²) in [5, 5.41) is 22.6. The molecule has 2 atom stereocenters. The predicted molar refractivity (Wildman–Crippen MR) is 115 cm³/mol. The zero-order chi connectivity index (χ0) is 19.8. The number of hydrogen-bond donors (Lipinski definition) is 3. The van der Waals surface area contributed by atoms with Gasteiger partial charge in [-0.15, -0.1) is 0 Å². The fourth-order valence-electron chi connectivity index (χ4n) is 3.88. The summed E-state index contributed by atoms with van der Waals surface area (Å²) in [7, 11) is 1.92. The molecule has 1 fully saturated rings. The van der Waals surface area contributed by atoms with Crippen LogP contribution in [0, 0.1) is 0 Å². The van der Waals surface area contributed by atoms with Gasteiger partial charge in [0.2, 0.25) is 0 Å². The number of hydrogen-bond acceptors (Lipinski definition) is 6. The number of para-hydroxylation sites is 1. The Kier molecular flexibility index (Phi) is 4.44. The van der Waals surface area contributed by atoms with Crippen LogP contribution in [0.1, 0.15) is 17.9 Å². The first-order chi connectivity index (χ1) is 14.2. The zero-order valence-corrected chi connectivity index (χ0v) is 16.2. The molecule has 2 aliphatic rings. The molecule has 5 rings (SSSR count). The summed E-state index contributed by atoms with van der Waals surface area (Å²) in [6.45, 7) is 1.91. The quantitative estimate of drug-likeness (QED) is 0.599. The number of rotatable bonds is 4. The fourth-order valence-corrected chi connectivity index (χ4v) is 3.88. The molecule has 3 heterocycles. The number of phenolic OH excluding ortho intramolecular Hbond substituents is 1. The highest BCUT2D eigenvalue weighted by molar-refractivity contribution is 5.95. The molecule has 2 aromatic carbocycles. The largest absolute Gasteiger partial charge is 0.507 e. The molecule has 0 radical (unpaired) electrons. The van der Waals surface area contributed by atoms with Gasteiger partial charge in [-0.3, -0.25) is 0 Å². The minimum absolute atomic E-state index is 0.128. The van der Waals surface area contributed by atoms with Crippen LogP contribution in [-0.4, -0.2) is 58.4 Å². The Hall–Kier alpha value is -3.32. The van der Waals surface area contributed by atoms with Crippen molar-refractivity contribution in [1.82, 2.24) is 15.3 Å². The molecule has 1 aromatic heterocycles. The molecule has 0 spiro atoms. The van der Waals surface area contributed by atoms with Crippen LogP contribution in [0.2, 0.25) is 0 Å². The van der Waals surface area contributed by atoms with E-state index in [4.69, 9.17) is 9.97 Å². The van der Waals surface area contributed by atoms with Crippen molar-refractivity contribution < 1.29 is 9.79 Å². The van der Waals surface area contributed by atoms with Crippen LogP contribution in [0.3, 0.4) is 0 Å². The number of anilines is 1. The summed E-state index contributed by atoms with van der Waals surface area (Å²) in [5.74, 6) is 1.62. The molecule has 3 N–H and O–H groups in total. The maximum Gasteiger partial charge on any atom is 0.185 e. The van der Waals surface area contributed by atoms with Gasteiger partial charge >= 0.3 is 0 Å². The second kappa shape index (κ2) is 7.25. The van der Waals surface area contributed by atoms with Crippen molar-refractivity contribution in [2.24, 2.45) is 5.10 Å². The van der Waals surface area contributed by atoms with E-state index < -0.39 is 0 Å². The highest BCUT2D eigenvalue weighted by atomic mass is 16.3. The third-order valence-electron chi connectivity index (χ3n) is 5.44. The van der Waals surface area contributed by atoms with Crippen molar-refractivity contribution in [2.75, 3.05) is 25.5 Å². The third kappa shape index (κ3) is 3.45. The van der Waals surface area contributed by atoms with E-state index in [9.17, 15) is 5.11 Å². The molecule has 2 aliphatic heterocycles. The average Bonchev–Trinajstić information content (AvgIpc) is 3.39. The maximum atomic E-state index is 10.3. The van der Waals surface area contributed by atoms with E-state index in [1.165, 1.54) is 0 Å². The molecule has 0 bridgehead atoms. The van der Waals surface area contributed by atoms with E-state index >= 15 is 0 Å². The average molecular weight is 387 g/mol. The smallest absolute Gasteiger partial charge is 0.185 e. The second-order valence-corrected chi connectivity index (χ2v) is 7.54. The summed E-state index contributed by atoms with van der Waals surface area (Å²) in [5.41, 5.74) is 2.60. The van der Waals surface area contributed by atoms with Gasteiger partial charge in [-0.1, -0.05) is 22.9 Å². The van der Waals surface area contributed by atoms with Gasteiger partial charge in [0.25, 0.3) is 0 Å². The van der Waals surface area contributed by atoms with Crippen molar-refractivity contribution in [3.63, 3.8) is 0 Å². The lowest BCUT2D eigenvalue weighted by Gasteiger charge is -2.16. The topological polar surface area (TPSA) is 85.4 Å². The summed E-state index contributed by atoms with van der Waals surface area (Å²) < 4.78 is 1.82. The Balaban J connectivity index is 1.64. The molecular formula is C22H23N6O+. The number of hydrazone groups is 1. The number of aromatic nitrogens is 2. The summed E-state index contributed by atoms with van der Waals surface area (Å²) in [6, 6.07) is 13.8. The van der Waals surface area contributed by atoms with E-state index in [1.807, 2.05) is 30.1 Å². The van der Waals surface area contributed by atoms with Crippen molar-refractivity contribution in [3.05, 3.63) is 48.0 Å². The predicted octanol–water partition coefficient (Wildman–Crippen LogP) is 2.57. The molecular weight excluding hydrogens is 364 g/mol. The maximum absolute atomic E-state index is 10.3. The second-order valence-electron chi connectivity index (χ2n) is 7.54. The van der Waals surface area contributed by atoms with E-state index in [0.29, 0.717) is 17.4 Å². The minimum atomic E-state index is 0.128. The Bertz CT molecular complexity index is 1130. The SMILES string of the molecule is C[N+]1=CC(c2ccc3c(N[C@H]4CCNC4)nc(-c4ccccc4O)nc3c2)C=N1. The van der Waals surface area contributed by atoms with E-state index in [0.717, 1.165) is 41.8 Å². The lowest BCUT2D eigenvalue weighted by molar-refractivity contribution is -0.494. The number of aromatic hydroxyl groups is 1. The van der Waals surface area contributed by atoms with Gasteiger partial charge in [-0.05, 0) is 47.9 Å². The van der Waals surface area contributed by atoms with Crippen molar-refractivity contribution in [1.29, 1.82) is 0 Å². The summed E-state index contributed by atoms with van der Waals surface area (Å²) in [6.07, 6.45) is 5.04. The Morgan fingerprint density at radius 3 is 2.83 bits per heavy atom. The zero-order valence-electron chi connectivity index (χ0n) is 16.2. The lowest BCUT2D eigenvalue weighted by atomic mass is 10.00. The van der Waals surface area contributed by atoms with Crippen LogP contribution in [0.5, 0.6) is 5.75 Å². The number of phenols is 1. The highest BCUT2D eigenvalue weighted by Gasteiger charge is 2.21. The van der Waals surface area contributed by atoms with Gasteiger partial charge in [-0.25, -0.2) is 9.97 Å². The molecule has 1 unspecified atom stereocenters. The van der Waals surface area contributed by atoms with Crippen LogP contribution in [-0.2, 0) is 0 Å². The molecule has 29 heavy (non-hydrogen) atoms. The first-order valence-corrected chi connectivity index (χ1v) is 9.86. The Morgan fingerprint density at radius 1 is 1.17 bits per heavy atom. The number of nitrogens with one attached hydrogen (secondary N) is 2.